The predicted molar refractivity (Wildman–Crippen MR) is 75.0 cm³/mol. The Hall–Kier alpha value is -1.68. The number of hydrogen-bond acceptors (Lipinski definition) is 3. The molecule has 2 rings (SSSR count). The van der Waals surface area contributed by atoms with Crippen LogP contribution in [0.25, 0.3) is 0 Å². The highest BCUT2D eigenvalue weighted by atomic mass is 16.3. The van der Waals surface area contributed by atoms with Crippen molar-refractivity contribution in [2.75, 3.05) is 0 Å². The van der Waals surface area contributed by atoms with E-state index in [1.807, 2.05) is 36.9 Å². The second-order valence-electron chi connectivity index (χ2n) is 5.32. The molecule has 4 heteroatoms. The molecule has 0 spiro atoms. The molecule has 19 heavy (non-hydrogen) atoms. The third kappa shape index (κ3) is 3.20. The van der Waals surface area contributed by atoms with Crippen molar-refractivity contribution in [3.05, 3.63) is 47.0 Å². The van der Waals surface area contributed by atoms with E-state index in [0.29, 0.717) is 12.5 Å². The van der Waals surface area contributed by atoms with E-state index >= 15 is 0 Å². The average Bonchev–Trinajstić information content (AvgIpc) is 2.77. The second-order valence-corrected chi connectivity index (χ2v) is 5.32. The molecule has 0 aromatic carbocycles. The summed E-state index contributed by atoms with van der Waals surface area (Å²) in [6.07, 6.45) is 3.63. The molecule has 102 valence electrons. The molecular formula is C15H21N3O. The molecule has 0 fully saturated rings. The van der Waals surface area contributed by atoms with Crippen LogP contribution in [0.1, 0.15) is 48.5 Å². The fraction of sp³-hybridized carbons (Fsp3) is 0.467. The maximum Gasteiger partial charge on any atom is 0.102 e. The molecule has 2 aromatic rings. The highest BCUT2D eigenvalue weighted by molar-refractivity contribution is 5.25. The van der Waals surface area contributed by atoms with Gasteiger partial charge in [0.25, 0.3) is 0 Å². The van der Waals surface area contributed by atoms with E-state index in [2.05, 4.69) is 23.9 Å². The summed E-state index contributed by atoms with van der Waals surface area (Å²) >= 11 is 0. The Morgan fingerprint density at radius 1 is 1.32 bits per heavy atom. The molecule has 2 aromatic heterocycles. The minimum Gasteiger partial charge on any atom is -0.386 e. The van der Waals surface area contributed by atoms with Crippen LogP contribution in [0.5, 0.6) is 0 Å². The van der Waals surface area contributed by atoms with Gasteiger partial charge in [-0.25, -0.2) is 0 Å². The van der Waals surface area contributed by atoms with Crippen LogP contribution in [-0.4, -0.2) is 19.9 Å². The van der Waals surface area contributed by atoms with Gasteiger partial charge >= 0.3 is 0 Å². The summed E-state index contributed by atoms with van der Waals surface area (Å²) in [6, 6.07) is 4.33. The normalized spacial score (nSPS) is 12.9. The number of nitrogens with zero attached hydrogens (tertiary/aromatic N) is 3. The summed E-state index contributed by atoms with van der Waals surface area (Å²) < 4.78 is 1.90. The van der Waals surface area contributed by atoms with Gasteiger partial charge in [0, 0.05) is 24.9 Å². The first kappa shape index (κ1) is 13.7. The van der Waals surface area contributed by atoms with Gasteiger partial charge in [0.1, 0.15) is 6.10 Å². The standard InChI is InChI=1S/C15H21N3O/c1-10(2)18-6-5-13(17-18)8-14(19)15-12(4)7-11(3)9-16-15/h5-7,9-10,14,19H,8H2,1-4H3. The molecule has 0 aliphatic heterocycles. The third-order valence-electron chi connectivity index (χ3n) is 3.17. The van der Waals surface area contributed by atoms with Crippen molar-refractivity contribution >= 4 is 0 Å². The van der Waals surface area contributed by atoms with Gasteiger partial charge in [-0.05, 0) is 44.9 Å². The van der Waals surface area contributed by atoms with E-state index in [-0.39, 0.29) is 0 Å². The zero-order chi connectivity index (χ0) is 14.0. The van der Waals surface area contributed by atoms with E-state index in [1.54, 1.807) is 6.20 Å². The smallest absolute Gasteiger partial charge is 0.102 e. The second kappa shape index (κ2) is 5.53. The summed E-state index contributed by atoms with van der Waals surface area (Å²) in [5.41, 5.74) is 3.76. The Kier molecular flexibility index (Phi) is 4.00. The lowest BCUT2D eigenvalue weighted by atomic mass is 10.0. The quantitative estimate of drug-likeness (QED) is 0.918. The molecule has 2 heterocycles. The zero-order valence-electron chi connectivity index (χ0n) is 12.0. The van der Waals surface area contributed by atoms with Crippen LogP contribution in [-0.2, 0) is 6.42 Å². The summed E-state index contributed by atoms with van der Waals surface area (Å²) in [6.45, 7) is 8.14. The molecule has 1 N–H and O–H groups in total. The number of pyridine rings is 1. The van der Waals surface area contributed by atoms with Crippen LogP contribution >= 0.6 is 0 Å². The van der Waals surface area contributed by atoms with E-state index in [9.17, 15) is 5.11 Å². The first-order chi connectivity index (χ1) is 8.97. The lowest BCUT2D eigenvalue weighted by Gasteiger charge is -2.12. The van der Waals surface area contributed by atoms with Crippen molar-refractivity contribution in [2.24, 2.45) is 0 Å². The van der Waals surface area contributed by atoms with E-state index in [0.717, 1.165) is 22.5 Å². The fourth-order valence-corrected chi connectivity index (χ4v) is 2.14. The molecule has 0 amide bonds. The molecule has 4 nitrogen and oxygen atoms in total. The molecule has 0 radical (unpaired) electrons. The summed E-state index contributed by atoms with van der Waals surface area (Å²) in [5, 5.41) is 14.7. The first-order valence-corrected chi connectivity index (χ1v) is 6.62. The van der Waals surface area contributed by atoms with Gasteiger partial charge in [0.05, 0.1) is 11.4 Å². The van der Waals surface area contributed by atoms with Gasteiger partial charge in [0.2, 0.25) is 0 Å². The fourth-order valence-electron chi connectivity index (χ4n) is 2.14. The minimum absolute atomic E-state index is 0.338. The molecule has 1 atom stereocenters. The van der Waals surface area contributed by atoms with Gasteiger partial charge in [-0.2, -0.15) is 5.10 Å². The van der Waals surface area contributed by atoms with Gasteiger partial charge in [-0.3, -0.25) is 9.67 Å². The Bertz CT molecular complexity index is 560. The van der Waals surface area contributed by atoms with Crippen molar-refractivity contribution in [2.45, 2.75) is 46.3 Å². The summed E-state index contributed by atoms with van der Waals surface area (Å²) in [4.78, 5) is 4.33. The predicted octanol–water partition coefficient (Wildman–Crippen LogP) is 2.75. The number of aliphatic hydroxyl groups excluding tert-OH is 1. The highest BCUT2D eigenvalue weighted by Crippen LogP contribution is 2.20. The number of aromatic nitrogens is 3. The topological polar surface area (TPSA) is 50.9 Å². The van der Waals surface area contributed by atoms with Crippen LogP contribution in [0.15, 0.2) is 24.5 Å². The Morgan fingerprint density at radius 2 is 2.05 bits per heavy atom. The molecule has 0 saturated carbocycles. The van der Waals surface area contributed by atoms with Crippen LogP contribution in [0.4, 0.5) is 0 Å². The van der Waals surface area contributed by atoms with Gasteiger partial charge in [-0.15, -0.1) is 0 Å². The zero-order valence-corrected chi connectivity index (χ0v) is 12.0. The number of hydrogen-bond donors (Lipinski definition) is 1. The van der Waals surface area contributed by atoms with Crippen LogP contribution in [0.2, 0.25) is 0 Å². The Labute approximate surface area is 114 Å². The number of aryl methyl sites for hydroxylation is 2. The largest absolute Gasteiger partial charge is 0.386 e. The molecular weight excluding hydrogens is 238 g/mol. The molecule has 1 unspecified atom stereocenters. The monoisotopic (exact) mass is 259 g/mol. The van der Waals surface area contributed by atoms with E-state index < -0.39 is 6.10 Å². The van der Waals surface area contributed by atoms with Gasteiger partial charge < -0.3 is 5.11 Å². The van der Waals surface area contributed by atoms with E-state index in [4.69, 9.17) is 0 Å². The lowest BCUT2D eigenvalue weighted by molar-refractivity contribution is 0.171. The lowest BCUT2D eigenvalue weighted by Crippen LogP contribution is -2.08. The van der Waals surface area contributed by atoms with Crippen LogP contribution < -0.4 is 0 Å². The molecule has 0 bridgehead atoms. The third-order valence-corrected chi connectivity index (χ3v) is 3.17. The highest BCUT2D eigenvalue weighted by Gasteiger charge is 2.14. The van der Waals surface area contributed by atoms with Crippen molar-refractivity contribution in [3.63, 3.8) is 0 Å². The summed E-state index contributed by atoms with van der Waals surface area (Å²) in [7, 11) is 0. The minimum atomic E-state index is -0.601. The SMILES string of the molecule is Cc1cnc(C(O)Cc2ccn(C(C)C)n2)c(C)c1. The van der Waals surface area contributed by atoms with Gasteiger partial charge in [0.15, 0.2) is 0 Å². The molecule has 0 aliphatic rings. The first-order valence-electron chi connectivity index (χ1n) is 6.62. The van der Waals surface area contributed by atoms with Crippen LogP contribution in [0.3, 0.4) is 0 Å². The Balaban J connectivity index is 2.13. The van der Waals surface area contributed by atoms with Crippen LogP contribution in [0, 0.1) is 13.8 Å². The maximum atomic E-state index is 10.3. The van der Waals surface area contributed by atoms with Gasteiger partial charge in [-0.1, -0.05) is 6.07 Å². The maximum absolute atomic E-state index is 10.3. The van der Waals surface area contributed by atoms with Crippen molar-refractivity contribution in [1.29, 1.82) is 0 Å². The van der Waals surface area contributed by atoms with Crippen molar-refractivity contribution in [3.8, 4) is 0 Å². The van der Waals surface area contributed by atoms with E-state index in [1.165, 1.54) is 0 Å². The number of rotatable bonds is 4. The van der Waals surface area contributed by atoms with Crippen molar-refractivity contribution in [1.82, 2.24) is 14.8 Å². The molecule has 0 saturated heterocycles. The van der Waals surface area contributed by atoms with Crippen molar-refractivity contribution < 1.29 is 5.11 Å². The number of aliphatic hydroxyl groups is 1. The Morgan fingerprint density at radius 3 is 2.63 bits per heavy atom. The average molecular weight is 259 g/mol. The summed E-state index contributed by atoms with van der Waals surface area (Å²) in [5.74, 6) is 0. The molecule has 0 aliphatic carbocycles.